The van der Waals surface area contributed by atoms with E-state index < -0.39 is 24.5 Å². The highest BCUT2D eigenvalue weighted by Gasteiger charge is 2.44. The van der Waals surface area contributed by atoms with E-state index in [-0.39, 0.29) is 12.1 Å². The minimum atomic E-state index is -1.54. The van der Waals surface area contributed by atoms with Gasteiger partial charge in [0.05, 0.1) is 31.7 Å². The number of alkyl carbamates (subject to hydrolysis) is 1. The van der Waals surface area contributed by atoms with E-state index in [0.29, 0.717) is 41.3 Å². The van der Waals surface area contributed by atoms with Crippen molar-refractivity contribution < 1.29 is 28.1 Å². The lowest BCUT2D eigenvalue weighted by molar-refractivity contribution is 0.0604. The summed E-state index contributed by atoms with van der Waals surface area (Å²) in [5.74, 6) is 1.15. The largest absolute Gasteiger partial charge is 0.481 e. The Morgan fingerprint density at radius 3 is 2.91 bits per heavy atom. The number of ether oxygens (including phenoxy) is 4. The van der Waals surface area contributed by atoms with Crippen molar-refractivity contribution >= 4 is 23.5 Å². The molecular weight excluding hydrogens is 449 g/mol. The van der Waals surface area contributed by atoms with Crippen LogP contribution >= 0.6 is 0 Å². The number of H-pyrrole nitrogens is 1. The van der Waals surface area contributed by atoms with E-state index in [1.807, 2.05) is 6.92 Å². The van der Waals surface area contributed by atoms with Gasteiger partial charge in [-0.3, -0.25) is 9.50 Å². The van der Waals surface area contributed by atoms with Crippen LogP contribution in [0.1, 0.15) is 37.3 Å². The molecule has 5 rings (SSSR count). The van der Waals surface area contributed by atoms with Crippen LogP contribution in [0, 0.1) is 0 Å². The Balaban J connectivity index is 1.29. The third-order valence-corrected chi connectivity index (χ3v) is 5.87. The Morgan fingerprint density at radius 2 is 2.18 bits per heavy atom. The summed E-state index contributed by atoms with van der Waals surface area (Å²) in [4.78, 5) is 20.9. The summed E-state index contributed by atoms with van der Waals surface area (Å²) in [6, 6.07) is 3.31. The van der Waals surface area contributed by atoms with E-state index in [9.17, 15) is 4.79 Å². The summed E-state index contributed by atoms with van der Waals surface area (Å²) in [6.45, 7) is 2.21. The van der Waals surface area contributed by atoms with E-state index in [0.717, 1.165) is 12.8 Å². The Kier molecular flexibility index (Phi) is 5.73. The molecule has 0 radical (unpaired) electrons. The molecule has 0 unspecified atom stereocenters. The average molecular weight is 475 g/mol. The molecule has 3 N–H and O–H groups in total. The molecule has 3 atom stereocenters. The predicted molar refractivity (Wildman–Crippen MR) is 117 cm³/mol. The number of nitrogens with zero attached hydrogens (tertiary/aromatic N) is 4. The van der Waals surface area contributed by atoms with Gasteiger partial charge in [-0.05, 0) is 19.8 Å². The number of aromatic nitrogens is 5. The number of fused-ring (bicyclic) bond motifs is 1. The molecule has 3 aromatic heterocycles. The Morgan fingerprint density at radius 1 is 1.35 bits per heavy atom. The molecule has 2 aliphatic rings. The van der Waals surface area contributed by atoms with Crippen molar-refractivity contribution in [3.63, 3.8) is 0 Å². The van der Waals surface area contributed by atoms with Crippen molar-refractivity contribution in [1.82, 2.24) is 29.9 Å². The molecule has 34 heavy (non-hydrogen) atoms. The number of rotatable bonds is 8. The van der Waals surface area contributed by atoms with Gasteiger partial charge in [-0.15, -0.1) is 0 Å². The molecule has 1 amide bonds. The second-order valence-corrected chi connectivity index (χ2v) is 8.68. The van der Waals surface area contributed by atoms with Crippen molar-refractivity contribution in [2.45, 2.75) is 50.3 Å². The monoisotopic (exact) mass is 475 g/mol. The van der Waals surface area contributed by atoms with Crippen LogP contribution in [0.2, 0.25) is 0 Å². The number of methoxy groups -OCH3 is 2. The van der Waals surface area contributed by atoms with Crippen LogP contribution in [0.25, 0.3) is 5.65 Å². The van der Waals surface area contributed by atoms with Crippen LogP contribution < -0.4 is 15.4 Å². The van der Waals surface area contributed by atoms with Crippen molar-refractivity contribution in [2.24, 2.45) is 0 Å². The number of anilines is 2. The molecule has 1 aliphatic heterocycles. The topological polar surface area (TPSA) is 137 Å². The van der Waals surface area contributed by atoms with Crippen LogP contribution in [0.4, 0.5) is 21.0 Å². The number of nitrogens with one attached hydrogen (secondary N) is 3. The number of carbonyl (C=O) groups is 1. The van der Waals surface area contributed by atoms with Gasteiger partial charge in [-0.25, -0.2) is 14.2 Å². The van der Waals surface area contributed by atoms with Gasteiger partial charge < -0.3 is 29.6 Å². The zero-order chi connectivity index (χ0) is 23.9. The molecule has 12 nitrogen and oxygen atoms in total. The molecule has 2 fully saturated rings. The highest BCUT2D eigenvalue weighted by atomic mass is 19.1. The molecule has 0 aromatic carbocycles. The van der Waals surface area contributed by atoms with Crippen molar-refractivity contribution in [3.8, 4) is 5.88 Å². The highest BCUT2D eigenvalue weighted by molar-refractivity contribution is 5.69. The molecule has 1 aliphatic carbocycles. The van der Waals surface area contributed by atoms with Crippen molar-refractivity contribution in [1.29, 1.82) is 0 Å². The lowest BCUT2D eigenvalue weighted by atomic mass is 10.1. The van der Waals surface area contributed by atoms with Crippen molar-refractivity contribution in [2.75, 3.05) is 26.1 Å². The molecule has 0 spiro atoms. The lowest BCUT2D eigenvalue weighted by Gasteiger charge is -2.17. The molecule has 0 bridgehead atoms. The number of hydrogen-bond donors (Lipinski definition) is 3. The van der Waals surface area contributed by atoms with Gasteiger partial charge in [0.15, 0.2) is 18.1 Å². The van der Waals surface area contributed by atoms with E-state index in [1.165, 1.54) is 7.11 Å². The number of amides is 1. The van der Waals surface area contributed by atoms with Gasteiger partial charge in [0.25, 0.3) is 0 Å². The summed E-state index contributed by atoms with van der Waals surface area (Å²) in [7, 11) is 3.10. The Bertz CT molecular complexity index is 1190. The van der Waals surface area contributed by atoms with Crippen molar-refractivity contribution in [3.05, 3.63) is 29.7 Å². The lowest BCUT2D eigenvalue weighted by Crippen LogP contribution is -2.39. The van der Waals surface area contributed by atoms with Crippen LogP contribution in [0.5, 0.6) is 5.88 Å². The first-order chi connectivity index (χ1) is 16.4. The Labute approximate surface area is 194 Å². The predicted octanol–water partition coefficient (Wildman–Crippen LogP) is 2.41. The minimum Gasteiger partial charge on any atom is -0.481 e. The zero-order valence-corrected chi connectivity index (χ0v) is 19.0. The SMILES string of the molecule is COCc1cn2c(Nc3cc([C@@H]4OC[C@H](OC(=O)NC5(C)CC5)[C@H]4F)[nH]n3)nc(OC)cc2n1. The second kappa shape index (κ2) is 8.72. The third kappa shape index (κ3) is 4.48. The van der Waals surface area contributed by atoms with Crippen LogP contribution in [0.3, 0.4) is 0 Å². The Hall–Kier alpha value is -3.45. The first kappa shape index (κ1) is 22.3. The molecule has 1 saturated heterocycles. The minimum absolute atomic E-state index is 0.0485. The average Bonchev–Trinajstić information content (AvgIpc) is 3.14. The zero-order valence-electron chi connectivity index (χ0n) is 19.0. The molecule has 182 valence electrons. The van der Waals surface area contributed by atoms with Crippen LogP contribution in [-0.2, 0) is 20.8 Å². The maximum atomic E-state index is 15.0. The quantitative estimate of drug-likeness (QED) is 0.448. The second-order valence-electron chi connectivity index (χ2n) is 8.68. The molecule has 3 aromatic rings. The van der Waals surface area contributed by atoms with Gasteiger partial charge in [0, 0.05) is 31.0 Å². The number of aromatic amines is 1. The van der Waals surface area contributed by atoms with Gasteiger partial charge in [0.2, 0.25) is 11.8 Å². The highest BCUT2D eigenvalue weighted by Crippen LogP contribution is 2.36. The summed E-state index contributed by atoms with van der Waals surface area (Å²) >= 11 is 0. The maximum Gasteiger partial charge on any atom is 0.408 e. The molecule has 4 heterocycles. The molecule has 13 heteroatoms. The first-order valence-corrected chi connectivity index (χ1v) is 10.9. The fourth-order valence-electron chi connectivity index (χ4n) is 3.75. The van der Waals surface area contributed by atoms with E-state index in [2.05, 4.69) is 30.8 Å². The number of alkyl halides is 1. The number of halogens is 1. The van der Waals surface area contributed by atoms with Gasteiger partial charge >= 0.3 is 6.09 Å². The smallest absolute Gasteiger partial charge is 0.408 e. The molecular formula is C21H26FN7O5. The number of hydrogen-bond acceptors (Lipinski definition) is 9. The van der Waals surface area contributed by atoms with Crippen LogP contribution in [0.15, 0.2) is 18.3 Å². The maximum absolute atomic E-state index is 15.0. The standard InChI is InChI=1S/C21H26FN7O5/c1-21(4-5-21)26-20(30)34-13-10-33-18(17(13)22)12-6-14(28-27-12)24-19-25-16(32-3)7-15-23-11(9-31-2)8-29(15)19/h6-8,13,17-18H,4-5,9-10H2,1-3H3,(H,26,30)(H2,24,25,27,28)/t13-,17+,18-/m0/s1. The van der Waals surface area contributed by atoms with Crippen LogP contribution in [-0.4, -0.2) is 69.3 Å². The van der Waals surface area contributed by atoms with E-state index in [4.69, 9.17) is 18.9 Å². The molecule has 1 saturated carbocycles. The number of carbonyl (C=O) groups excluding carboxylic acids is 1. The summed E-state index contributed by atoms with van der Waals surface area (Å²) in [5, 5.41) is 12.8. The normalized spacial score (nSPS) is 23.1. The first-order valence-electron chi connectivity index (χ1n) is 10.9. The summed E-state index contributed by atoms with van der Waals surface area (Å²) in [6.07, 6.45) is -0.572. The van der Waals surface area contributed by atoms with Gasteiger partial charge in [-0.2, -0.15) is 10.1 Å². The fraction of sp³-hybridized carbons (Fsp3) is 0.524. The van der Waals surface area contributed by atoms with E-state index >= 15 is 4.39 Å². The fourth-order valence-corrected chi connectivity index (χ4v) is 3.75. The summed E-state index contributed by atoms with van der Waals surface area (Å²) in [5.41, 5.74) is 1.48. The third-order valence-electron chi connectivity index (χ3n) is 5.87. The van der Waals surface area contributed by atoms with Gasteiger partial charge in [0.1, 0.15) is 11.8 Å². The van der Waals surface area contributed by atoms with Gasteiger partial charge in [-0.1, -0.05) is 0 Å². The van der Waals surface area contributed by atoms with E-state index in [1.54, 1.807) is 29.8 Å². The summed E-state index contributed by atoms with van der Waals surface area (Å²) < 4.78 is 38.0. The number of imidazole rings is 1.